The summed E-state index contributed by atoms with van der Waals surface area (Å²) in [7, 11) is 0. The molecule has 0 amide bonds. The number of rotatable bonds is 13. The van der Waals surface area contributed by atoms with Crippen molar-refractivity contribution in [1.82, 2.24) is 0 Å². The predicted octanol–water partition coefficient (Wildman–Crippen LogP) is 6.49. The third-order valence-electron chi connectivity index (χ3n) is 4.60. The molecule has 0 heterocycles. The van der Waals surface area contributed by atoms with Crippen LogP contribution in [0.5, 0.6) is 11.5 Å². The van der Waals surface area contributed by atoms with Crippen molar-refractivity contribution in [2.45, 2.75) is 92.4 Å². The molecule has 1 aromatic carbocycles. The van der Waals surface area contributed by atoms with Gasteiger partial charge in [-0.2, -0.15) is 0 Å². The molecule has 0 aliphatic heterocycles. The molecular formula is C24H38O4. The average molecular weight is 391 g/mol. The van der Waals surface area contributed by atoms with Crippen LogP contribution in [0.3, 0.4) is 0 Å². The van der Waals surface area contributed by atoms with Crippen molar-refractivity contribution in [2.75, 3.05) is 0 Å². The second kappa shape index (κ2) is 13.4. The molecule has 0 aliphatic carbocycles. The number of unbranched alkanes of at least 4 members (excludes halogenated alkanes) is 1. The van der Waals surface area contributed by atoms with E-state index >= 15 is 0 Å². The van der Waals surface area contributed by atoms with E-state index in [1.807, 2.05) is 12.1 Å². The molecule has 4 nitrogen and oxygen atoms in total. The smallest absolute Gasteiger partial charge is 0.311 e. The van der Waals surface area contributed by atoms with Crippen LogP contribution < -0.4 is 9.47 Å². The Bertz CT molecular complexity index is 605. The normalized spacial score (nSPS) is 11.1. The van der Waals surface area contributed by atoms with Crippen LogP contribution in [0, 0.1) is 11.8 Å². The van der Waals surface area contributed by atoms with Crippen LogP contribution in [0.25, 0.3) is 0 Å². The molecule has 0 N–H and O–H groups in total. The summed E-state index contributed by atoms with van der Waals surface area (Å²) in [5.41, 5.74) is 1.09. The minimum Gasteiger partial charge on any atom is -0.423 e. The van der Waals surface area contributed by atoms with E-state index < -0.39 is 0 Å². The number of ether oxygens (including phenoxy) is 2. The first-order chi connectivity index (χ1) is 13.3. The Morgan fingerprint density at radius 2 is 1.36 bits per heavy atom. The van der Waals surface area contributed by atoms with Crippen LogP contribution in [0.4, 0.5) is 0 Å². The topological polar surface area (TPSA) is 52.6 Å². The molecule has 0 atom stereocenters. The zero-order chi connectivity index (χ0) is 20.9. The van der Waals surface area contributed by atoms with Crippen LogP contribution >= 0.6 is 0 Å². The number of carbonyl (C=O) groups excluding carboxylic acids is 2. The molecule has 0 radical (unpaired) electrons. The van der Waals surface area contributed by atoms with Gasteiger partial charge >= 0.3 is 11.9 Å². The number of benzene rings is 1. The molecule has 0 spiro atoms. The minimum atomic E-state index is -0.279. The van der Waals surface area contributed by atoms with Gasteiger partial charge in [0.1, 0.15) is 0 Å². The second-order valence-corrected chi connectivity index (χ2v) is 8.40. The van der Waals surface area contributed by atoms with E-state index in [0.717, 1.165) is 50.5 Å². The molecule has 0 bridgehead atoms. The van der Waals surface area contributed by atoms with Crippen molar-refractivity contribution in [1.29, 1.82) is 0 Å². The van der Waals surface area contributed by atoms with Gasteiger partial charge in [-0.05, 0) is 55.2 Å². The first-order valence-electron chi connectivity index (χ1n) is 10.9. The van der Waals surface area contributed by atoms with E-state index in [1.54, 1.807) is 6.07 Å². The van der Waals surface area contributed by atoms with Gasteiger partial charge in [-0.3, -0.25) is 9.59 Å². The maximum Gasteiger partial charge on any atom is 0.311 e. The van der Waals surface area contributed by atoms with E-state index in [0.29, 0.717) is 36.2 Å². The lowest BCUT2D eigenvalue weighted by molar-refractivity contribution is -0.137. The maximum absolute atomic E-state index is 12.2. The molecular weight excluding hydrogens is 352 g/mol. The Morgan fingerprint density at radius 1 is 0.821 bits per heavy atom. The third kappa shape index (κ3) is 10.5. The standard InChI is InChI=1S/C24H38O4/c1-6-7-12-20-15-16-21(27-23(25)13-8-10-18(2)3)22(17-20)28-24(26)14-9-11-19(4)5/h15-19H,6-14H2,1-5H3. The van der Waals surface area contributed by atoms with Crippen molar-refractivity contribution in [3.8, 4) is 11.5 Å². The Labute approximate surface area is 171 Å². The molecule has 0 aromatic heterocycles. The molecule has 1 aromatic rings. The molecule has 158 valence electrons. The summed E-state index contributed by atoms with van der Waals surface area (Å²) >= 11 is 0. The summed E-state index contributed by atoms with van der Waals surface area (Å²) in [5.74, 6) is 1.28. The minimum absolute atomic E-state index is 0.273. The van der Waals surface area contributed by atoms with Crippen LogP contribution in [-0.2, 0) is 16.0 Å². The van der Waals surface area contributed by atoms with Crippen molar-refractivity contribution < 1.29 is 19.1 Å². The monoisotopic (exact) mass is 390 g/mol. The lowest BCUT2D eigenvalue weighted by atomic mass is 10.1. The Hall–Kier alpha value is -1.84. The molecule has 0 saturated heterocycles. The van der Waals surface area contributed by atoms with Gasteiger partial charge in [0, 0.05) is 12.8 Å². The second-order valence-electron chi connectivity index (χ2n) is 8.40. The van der Waals surface area contributed by atoms with Gasteiger partial charge in [0.15, 0.2) is 11.5 Å². The van der Waals surface area contributed by atoms with Crippen molar-refractivity contribution in [2.24, 2.45) is 11.8 Å². The zero-order valence-corrected chi connectivity index (χ0v) is 18.4. The summed E-state index contributed by atoms with van der Waals surface area (Å²) in [4.78, 5) is 24.4. The van der Waals surface area contributed by atoms with Gasteiger partial charge < -0.3 is 9.47 Å². The molecule has 28 heavy (non-hydrogen) atoms. The predicted molar refractivity (Wildman–Crippen MR) is 114 cm³/mol. The molecule has 1 rings (SSSR count). The first kappa shape index (κ1) is 24.2. The lowest BCUT2D eigenvalue weighted by Crippen LogP contribution is -2.12. The number of aryl methyl sites for hydroxylation is 1. The Balaban J connectivity index is 2.77. The summed E-state index contributed by atoms with van der Waals surface area (Å²) in [6.07, 6.45) is 7.40. The Kier molecular flexibility index (Phi) is 11.5. The fraction of sp³-hybridized carbons (Fsp3) is 0.667. The maximum atomic E-state index is 12.2. The third-order valence-corrected chi connectivity index (χ3v) is 4.60. The van der Waals surface area contributed by atoms with Crippen LogP contribution in [0.15, 0.2) is 18.2 Å². The fourth-order valence-electron chi connectivity index (χ4n) is 2.91. The van der Waals surface area contributed by atoms with E-state index in [2.05, 4.69) is 34.6 Å². The van der Waals surface area contributed by atoms with Gasteiger partial charge in [-0.15, -0.1) is 0 Å². The summed E-state index contributed by atoms with van der Waals surface area (Å²) in [5, 5.41) is 0. The summed E-state index contributed by atoms with van der Waals surface area (Å²) in [6.45, 7) is 10.7. The largest absolute Gasteiger partial charge is 0.423 e. The first-order valence-corrected chi connectivity index (χ1v) is 10.9. The van der Waals surface area contributed by atoms with E-state index in [4.69, 9.17) is 9.47 Å². The number of carbonyl (C=O) groups is 2. The molecule has 0 aliphatic rings. The average Bonchev–Trinajstić information content (AvgIpc) is 2.61. The number of esters is 2. The summed E-state index contributed by atoms with van der Waals surface area (Å²) < 4.78 is 11.1. The van der Waals surface area contributed by atoms with E-state index in [-0.39, 0.29) is 11.9 Å². The number of hydrogen-bond acceptors (Lipinski definition) is 4. The van der Waals surface area contributed by atoms with Gasteiger partial charge in [-0.25, -0.2) is 0 Å². The highest BCUT2D eigenvalue weighted by Crippen LogP contribution is 2.30. The van der Waals surface area contributed by atoms with E-state index in [9.17, 15) is 9.59 Å². The van der Waals surface area contributed by atoms with Crippen molar-refractivity contribution in [3.63, 3.8) is 0 Å². The van der Waals surface area contributed by atoms with Gasteiger partial charge in [0.05, 0.1) is 0 Å². The van der Waals surface area contributed by atoms with Crippen LogP contribution in [0.1, 0.15) is 91.5 Å². The van der Waals surface area contributed by atoms with Crippen molar-refractivity contribution in [3.05, 3.63) is 23.8 Å². The van der Waals surface area contributed by atoms with Gasteiger partial charge in [-0.1, -0.05) is 59.9 Å². The molecule has 0 saturated carbocycles. The molecule has 4 heteroatoms. The van der Waals surface area contributed by atoms with Gasteiger partial charge in [0.25, 0.3) is 0 Å². The number of hydrogen-bond donors (Lipinski definition) is 0. The van der Waals surface area contributed by atoms with Crippen LogP contribution in [-0.4, -0.2) is 11.9 Å². The van der Waals surface area contributed by atoms with Crippen LogP contribution in [0.2, 0.25) is 0 Å². The Morgan fingerprint density at radius 3 is 1.86 bits per heavy atom. The fourth-order valence-corrected chi connectivity index (χ4v) is 2.91. The van der Waals surface area contributed by atoms with Crippen molar-refractivity contribution >= 4 is 11.9 Å². The molecule has 0 fully saturated rings. The van der Waals surface area contributed by atoms with E-state index in [1.165, 1.54) is 0 Å². The lowest BCUT2D eigenvalue weighted by Gasteiger charge is -2.13. The highest BCUT2D eigenvalue weighted by molar-refractivity contribution is 5.76. The quantitative estimate of drug-likeness (QED) is 0.285. The highest BCUT2D eigenvalue weighted by atomic mass is 16.6. The zero-order valence-electron chi connectivity index (χ0n) is 18.4. The molecule has 0 unspecified atom stereocenters. The SMILES string of the molecule is CCCCc1ccc(OC(=O)CCCC(C)C)c(OC(=O)CCCC(C)C)c1. The summed E-state index contributed by atoms with van der Waals surface area (Å²) in [6, 6.07) is 5.54. The highest BCUT2D eigenvalue weighted by Gasteiger charge is 2.15. The van der Waals surface area contributed by atoms with Gasteiger partial charge in [0.2, 0.25) is 0 Å².